The number of carbonyl (C=O) groups is 2. The van der Waals surface area contributed by atoms with Gasteiger partial charge < -0.3 is 14.6 Å². The molecule has 0 unspecified atom stereocenters. The number of hydrogen-bond donors (Lipinski definition) is 1. The quantitative estimate of drug-likeness (QED) is 0.689. The lowest BCUT2D eigenvalue weighted by atomic mass is 9.54. The van der Waals surface area contributed by atoms with E-state index in [0.29, 0.717) is 16.7 Å². The zero-order valence-corrected chi connectivity index (χ0v) is 18.8. The second-order valence-corrected chi connectivity index (χ2v) is 7.94. The fourth-order valence-electron chi connectivity index (χ4n) is 4.55. The fraction of sp³-hybridized carbons (Fsp3) is 0.269. The smallest absolute Gasteiger partial charge is 0.337 e. The molecule has 0 fully saturated rings. The Morgan fingerprint density at radius 2 is 1.47 bits per heavy atom. The van der Waals surface area contributed by atoms with E-state index in [9.17, 15) is 25.2 Å². The van der Waals surface area contributed by atoms with Crippen LogP contribution in [-0.2, 0) is 19.1 Å². The molecule has 1 aliphatic rings. The Balaban J connectivity index is 2.46. The number of aliphatic hydroxyl groups excluding tert-OH is 1. The van der Waals surface area contributed by atoms with Crippen LogP contribution in [-0.4, -0.2) is 31.3 Å². The second-order valence-electron chi connectivity index (χ2n) is 7.94. The average molecular weight is 455 g/mol. The normalized spacial score (nSPS) is 20.9. The van der Waals surface area contributed by atoms with E-state index in [1.54, 1.807) is 24.3 Å². The summed E-state index contributed by atoms with van der Waals surface area (Å²) in [5.74, 6) is -6.51. The Hall–Kier alpha value is -4.61. The first-order valence-electron chi connectivity index (χ1n) is 10.3. The summed E-state index contributed by atoms with van der Waals surface area (Å²) in [6, 6.07) is 18.9. The average Bonchev–Trinajstić information content (AvgIpc) is 2.87. The van der Waals surface area contributed by atoms with Crippen molar-refractivity contribution in [3.63, 3.8) is 0 Å². The van der Waals surface area contributed by atoms with Crippen LogP contribution in [0, 0.1) is 52.2 Å². The molecule has 0 saturated carbocycles. The van der Waals surface area contributed by atoms with Gasteiger partial charge in [0.25, 0.3) is 0 Å². The van der Waals surface area contributed by atoms with Gasteiger partial charge >= 0.3 is 11.9 Å². The van der Waals surface area contributed by atoms with E-state index in [1.165, 1.54) is 24.3 Å². The summed E-state index contributed by atoms with van der Waals surface area (Å²) >= 11 is 0. The molecule has 3 atom stereocenters. The number of methoxy groups -OCH3 is 2. The van der Waals surface area contributed by atoms with Crippen LogP contribution in [0.5, 0.6) is 0 Å². The van der Waals surface area contributed by atoms with Crippen molar-refractivity contribution in [2.75, 3.05) is 14.2 Å². The van der Waals surface area contributed by atoms with Crippen LogP contribution in [0.1, 0.15) is 34.1 Å². The third kappa shape index (κ3) is 3.74. The Labute approximate surface area is 196 Å². The first-order chi connectivity index (χ1) is 16.3. The first kappa shape index (κ1) is 24.0. The molecule has 0 bridgehead atoms. The summed E-state index contributed by atoms with van der Waals surface area (Å²) in [4.78, 5) is 25.8. The summed E-state index contributed by atoms with van der Waals surface area (Å²) in [5, 5.41) is 41.4. The van der Waals surface area contributed by atoms with Gasteiger partial charge in [0.2, 0.25) is 0 Å². The van der Waals surface area contributed by atoms with Gasteiger partial charge in [-0.05, 0) is 30.2 Å². The predicted molar refractivity (Wildman–Crippen MR) is 119 cm³/mol. The zero-order valence-electron chi connectivity index (χ0n) is 18.8. The molecule has 0 spiro atoms. The maximum atomic E-state index is 12.9. The van der Waals surface area contributed by atoms with Gasteiger partial charge in [-0.2, -0.15) is 15.8 Å². The minimum absolute atomic E-state index is 0.332. The topological polar surface area (TPSA) is 144 Å². The number of ether oxygens (including phenoxy) is 2. The van der Waals surface area contributed by atoms with Crippen LogP contribution in [0.25, 0.3) is 0 Å². The van der Waals surface area contributed by atoms with Crippen LogP contribution in [0.15, 0.2) is 59.9 Å². The minimum Gasteiger partial charge on any atom is -0.511 e. The number of nitriles is 3. The predicted octanol–water partition coefficient (Wildman–Crippen LogP) is 3.56. The molecule has 0 aromatic heterocycles. The van der Waals surface area contributed by atoms with E-state index >= 15 is 0 Å². The molecule has 3 rings (SSSR count). The summed E-state index contributed by atoms with van der Waals surface area (Å²) in [7, 11) is 2.21. The van der Waals surface area contributed by atoms with Crippen LogP contribution < -0.4 is 0 Å². The monoisotopic (exact) mass is 455 g/mol. The third-order valence-electron chi connectivity index (χ3n) is 6.18. The summed E-state index contributed by atoms with van der Waals surface area (Å²) in [5.41, 5.74) is -0.359. The highest BCUT2D eigenvalue weighted by Gasteiger charge is 2.61. The van der Waals surface area contributed by atoms with Crippen LogP contribution >= 0.6 is 0 Å². The molecule has 1 aliphatic carbocycles. The van der Waals surface area contributed by atoms with Gasteiger partial charge in [-0.15, -0.1) is 0 Å². The number of carbonyl (C=O) groups excluding carboxylic acids is 2. The molecule has 8 nitrogen and oxygen atoms in total. The number of benzene rings is 2. The molecule has 2 aromatic rings. The Bertz CT molecular complexity index is 1260. The molecule has 0 radical (unpaired) electrons. The van der Waals surface area contributed by atoms with Gasteiger partial charge in [-0.25, -0.2) is 4.79 Å². The van der Waals surface area contributed by atoms with Crippen molar-refractivity contribution < 1.29 is 24.2 Å². The fourth-order valence-corrected chi connectivity index (χ4v) is 4.55. The number of nitrogens with zero attached hydrogens (tertiary/aromatic N) is 3. The number of esters is 2. The number of rotatable bonds is 4. The molecule has 0 amide bonds. The van der Waals surface area contributed by atoms with Crippen molar-refractivity contribution in [1.82, 2.24) is 0 Å². The van der Waals surface area contributed by atoms with E-state index in [4.69, 9.17) is 14.7 Å². The summed E-state index contributed by atoms with van der Waals surface area (Å²) < 4.78 is 9.79. The van der Waals surface area contributed by atoms with E-state index in [1.807, 2.05) is 13.0 Å². The maximum absolute atomic E-state index is 12.9. The van der Waals surface area contributed by atoms with Gasteiger partial charge in [-0.1, -0.05) is 42.0 Å². The van der Waals surface area contributed by atoms with Crippen molar-refractivity contribution in [1.29, 1.82) is 15.8 Å². The van der Waals surface area contributed by atoms with Crippen molar-refractivity contribution in [3.8, 4) is 18.2 Å². The number of hydrogen-bond acceptors (Lipinski definition) is 8. The van der Waals surface area contributed by atoms with Crippen LogP contribution in [0.2, 0.25) is 0 Å². The molecule has 0 saturated heterocycles. The van der Waals surface area contributed by atoms with Crippen LogP contribution in [0.3, 0.4) is 0 Å². The van der Waals surface area contributed by atoms with Crippen molar-refractivity contribution >= 4 is 11.9 Å². The van der Waals surface area contributed by atoms with Crippen molar-refractivity contribution in [2.45, 2.75) is 18.8 Å². The van der Waals surface area contributed by atoms with Gasteiger partial charge in [0.1, 0.15) is 11.7 Å². The SMILES string of the molecule is COC(=O)C1=C(O)[C@H](C(=O)OC)[C@H](c2ccc(C#N)cc2)C(C#N)(C#N)[C@@H]1c1ccc(C)cc1. The van der Waals surface area contributed by atoms with Gasteiger partial charge in [-0.3, -0.25) is 4.79 Å². The van der Waals surface area contributed by atoms with Crippen LogP contribution in [0.4, 0.5) is 0 Å². The molecule has 34 heavy (non-hydrogen) atoms. The lowest BCUT2D eigenvalue weighted by Crippen LogP contribution is -2.47. The largest absolute Gasteiger partial charge is 0.511 e. The molecule has 0 heterocycles. The minimum atomic E-state index is -2.02. The van der Waals surface area contributed by atoms with Gasteiger partial charge in [0.15, 0.2) is 5.41 Å². The molecule has 1 N–H and O–H groups in total. The van der Waals surface area contributed by atoms with E-state index in [0.717, 1.165) is 19.8 Å². The zero-order chi connectivity index (χ0) is 25.0. The molecular formula is C26H21N3O5. The van der Waals surface area contributed by atoms with Crippen molar-refractivity contribution in [2.24, 2.45) is 11.3 Å². The molecule has 2 aromatic carbocycles. The lowest BCUT2D eigenvalue weighted by molar-refractivity contribution is -0.147. The highest BCUT2D eigenvalue weighted by molar-refractivity contribution is 5.94. The van der Waals surface area contributed by atoms with Crippen molar-refractivity contribution in [3.05, 3.63) is 82.1 Å². The lowest BCUT2D eigenvalue weighted by Gasteiger charge is -2.44. The van der Waals surface area contributed by atoms with Gasteiger partial charge in [0.05, 0.1) is 49.5 Å². The Kier molecular flexibility index (Phi) is 6.71. The highest BCUT2D eigenvalue weighted by atomic mass is 16.5. The summed E-state index contributed by atoms with van der Waals surface area (Å²) in [6.07, 6.45) is 0. The maximum Gasteiger partial charge on any atom is 0.337 e. The van der Waals surface area contributed by atoms with E-state index in [-0.39, 0.29) is 5.57 Å². The van der Waals surface area contributed by atoms with E-state index < -0.39 is 40.9 Å². The van der Waals surface area contributed by atoms with E-state index in [2.05, 4.69) is 12.1 Å². The van der Waals surface area contributed by atoms with Gasteiger partial charge in [0, 0.05) is 5.92 Å². The third-order valence-corrected chi connectivity index (χ3v) is 6.18. The number of aryl methyl sites for hydroxylation is 1. The highest BCUT2D eigenvalue weighted by Crippen LogP contribution is 2.58. The molecule has 8 heteroatoms. The standard InChI is InChI=1S/C26H21N3O5/c1-15-4-8-17(9-5-15)21-19(24(31)33-2)23(30)20(25(32)34-3)22(26(21,13-28)14-29)18-10-6-16(12-27)7-11-18/h4-11,20-22,30H,1-3H3/t20-,21-,22+/m1/s1. The molecular weight excluding hydrogens is 434 g/mol. The number of aliphatic hydroxyl groups is 1. The second kappa shape index (κ2) is 9.48. The first-order valence-corrected chi connectivity index (χ1v) is 10.3. The molecule has 170 valence electrons. The molecule has 0 aliphatic heterocycles. The Morgan fingerprint density at radius 3 is 1.94 bits per heavy atom. The summed E-state index contributed by atoms with van der Waals surface area (Å²) in [6.45, 7) is 1.86. The Morgan fingerprint density at radius 1 is 0.912 bits per heavy atom.